The zero-order valence-corrected chi connectivity index (χ0v) is 22.5. The third-order valence-corrected chi connectivity index (χ3v) is 9.58. The van der Waals surface area contributed by atoms with Gasteiger partial charge >= 0.3 is 0 Å². The van der Waals surface area contributed by atoms with Crippen LogP contribution in [0.5, 0.6) is 0 Å². The van der Waals surface area contributed by atoms with Crippen LogP contribution in [0.4, 0.5) is 0 Å². The molecule has 31 heavy (non-hydrogen) atoms. The lowest BCUT2D eigenvalue weighted by atomic mass is 10.0. The summed E-state index contributed by atoms with van der Waals surface area (Å²) in [6.45, 7) is 6.59. The van der Waals surface area contributed by atoms with Gasteiger partial charge in [-0.2, -0.15) is 0 Å². The van der Waals surface area contributed by atoms with Crippen molar-refractivity contribution in [1.82, 2.24) is 0 Å². The topological polar surface area (TPSA) is 94.5 Å². The number of hydrogen-bond acceptors (Lipinski definition) is 9. The minimum atomic E-state index is -1.42. The maximum Gasteiger partial charge on any atom is 0.188 e. The molecule has 5 atom stereocenters. The molecule has 0 spiro atoms. The Kier molecular flexibility index (Phi) is 9.78. The SMILES string of the molecule is CC1(C)O[C@@H]2C(=O)C=C(Cl)[C@@H]2O1.CC1(C)O[C@H]2C(Cl)=C[C@@](O)(CO)[C@H]2O1.S=S=S=S=S. The Morgan fingerprint density at radius 1 is 0.968 bits per heavy atom. The van der Waals surface area contributed by atoms with E-state index in [-0.39, 0.29) is 11.9 Å². The average Bonchev–Trinajstić information content (AvgIpc) is 3.32. The average molecular weight is 570 g/mol. The molecule has 2 saturated heterocycles. The lowest BCUT2D eigenvalue weighted by Gasteiger charge is -2.26. The number of aliphatic hydroxyl groups is 2. The molecule has 0 unspecified atom stereocenters. The summed E-state index contributed by atoms with van der Waals surface area (Å²) in [5.41, 5.74) is -1.42. The van der Waals surface area contributed by atoms with Crippen LogP contribution in [-0.4, -0.2) is 64.2 Å². The van der Waals surface area contributed by atoms with E-state index in [9.17, 15) is 9.90 Å². The molecule has 176 valence electrons. The lowest BCUT2D eigenvalue weighted by Crippen LogP contribution is -2.45. The molecule has 14 heteroatoms. The predicted octanol–water partition coefficient (Wildman–Crippen LogP) is 1.57. The Hall–Kier alpha value is 0.590. The molecule has 2 heterocycles. The van der Waals surface area contributed by atoms with Gasteiger partial charge in [0.15, 0.2) is 23.5 Å². The van der Waals surface area contributed by atoms with Crippen molar-refractivity contribution in [3.8, 4) is 0 Å². The van der Waals surface area contributed by atoms with Crippen molar-refractivity contribution in [3.05, 3.63) is 22.2 Å². The molecule has 0 amide bonds. The van der Waals surface area contributed by atoms with Crippen molar-refractivity contribution in [3.63, 3.8) is 0 Å². The van der Waals surface area contributed by atoms with Gasteiger partial charge in [-0.15, -0.1) is 0 Å². The van der Waals surface area contributed by atoms with Crippen molar-refractivity contribution < 1.29 is 34.0 Å². The molecule has 2 aliphatic carbocycles. The first kappa shape index (κ1) is 27.8. The Morgan fingerprint density at radius 2 is 1.48 bits per heavy atom. The van der Waals surface area contributed by atoms with Crippen LogP contribution in [0.2, 0.25) is 0 Å². The van der Waals surface area contributed by atoms with E-state index in [0.717, 1.165) is 0 Å². The van der Waals surface area contributed by atoms with E-state index in [1.807, 2.05) is 0 Å². The zero-order valence-electron chi connectivity index (χ0n) is 16.9. The largest absolute Gasteiger partial charge is 0.393 e. The zero-order chi connectivity index (χ0) is 23.6. The number of rotatable bonds is 1. The fourth-order valence-corrected chi connectivity index (χ4v) is 6.71. The standard InChI is InChI=1S/C9H13ClO4.C8H9ClO3.S5/c1-8(2)13-6-5(10)3-9(12,4-11)7(6)14-8;1-8(2)11-6-4(9)3-5(10)7(6)12-8;1-3-5-4-2/h3,6-7,11-12H,4H2,1-2H3;3,6-7H,1-2H3;/t6-,7-,9+;6-,7+;/m00./s1. The number of halogens is 2. The normalized spacial score (nSPS) is 36.1. The summed E-state index contributed by atoms with van der Waals surface area (Å²) in [6.07, 6.45) is 0.770. The van der Waals surface area contributed by atoms with E-state index in [4.69, 9.17) is 47.3 Å². The monoisotopic (exact) mass is 568 g/mol. The molecule has 4 rings (SSSR count). The number of carbonyl (C=O) groups is 1. The molecular weight excluding hydrogens is 547 g/mol. The van der Waals surface area contributed by atoms with Gasteiger partial charge in [0.2, 0.25) is 0 Å². The van der Waals surface area contributed by atoms with Gasteiger partial charge in [0.05, 0.1) is 11.6 Å². The van der Waals surface area contributed by atoms with Crippen LogP contribution < -0.4 is 0 Å². The van der Waals surface area contributed by atoms with E-state index < -0.39 is 42.1 Å². The van der Waals surface area contributed by atoms with Gasteiger partial charge in [-0.05, 0) is 33.8 Å². The first-order valence-electron chi connectivity index (χ1n) is 8.88. The van der Waals surface area contributed by atoms with Crippen LogP contribution in [0.1, 0.15) is 27.7 Å². The molecule has 4 aliphatic rings. The summed E-state index contributed by atoms with van der Waals surface area (Å²) in [6, 6.07) is 0. The maximum atomic E-state index is 11.2. The molecule has 0 aromatic rings. The highest BCUT2D eigenvalue weighted by molar-refractivity contribution is 8.59. The van der Waals surface area contributed by atoms with Crippen molar-refractivity contribution in [2.24, 2.45) is 0 Å². The number of ether oxygens (including phenoxy) is 4. The second-order valence-corrected chi connectivity index (χ2v) is 13.9. The van der Waals surface area contributed by atoms with Crippen molar-refractivity contribution >= 4 is 78.0 Å². The summed E-state index contributed by atoms with van der Waals surface area (Å²) in [5, 5.41) is 19.9. The van der Waals surface area contributed by atoms with E-state index in [0.29, 0.717) is 10.1 Å². The highest BCUT2D eigenvalue weighted by Gasteiger charge is 2.56. The lowest BCUT2D eigenvalue weighted by molar-refractivity contribution is -0.169. The minimum absolute atomic E-state index is 0.101. The number of ketones is 1. The molecule has 0 aromatic heterocycles. The van der Waals surface area contributed by atoms with E-state index in [1.54, 1.807) is 27.7 Å². The first-order valence-corrected chi connectivity index (χ1v) is 15.0. The molecule has 0 saturated carbocycles. The quantitative estimate of drug-likeness (QED) is 0.488. The molecule has 7 nitrogen and oxygen atoms in total. The second-order valence-electron chi connectivity index (χ2n) is 7.77. The Labute approximate surface area is 208 Å². The van der Waals surface area contributed by atoms with Gasteiger partial charge in [-0.3, -0.25) is 4.79 Å². The van der Waals surface area contributed by atoms with Crippen LogP contribution in [-0.2, 0) is 72.8 Å². The molecule has 0 bridgehead atoms. The molecular formula is C17H22Cl2O7S5. The van der Waals surface area contributed by atoms with Crippen molar-refractivity contribution in [2.45, 2.75) is 69.3 Å². The van der Waals surface area contributed by atoms with Gasteiger partial charge in [0, 0.05) is 60.1 Å². The highest BCUT2D eigenvalue weighted by Crippen LogP contribution is 2.44. The minimum Gasteiger partial charge on any atom is -0.393 e. The smallest absolute Gasteiger partial charge is 0.188 e. The molecule has 2 fully saturated rings. The Balaban J connectivity index is 0.000000184. The summed E-state index contributed by atoms with van der Waals surface area (Å²) in [7, 11) is 3.95. The fraction of sp³-hybridized carbons (Fsp3) is 0.706. The Bertz CT molecular complexity index is 895. The van der Waals surface area contributed by atoms with E-state index in [2.05, 4.69) is 22.4 Å². The number of aliphatic hydroxyl groups excluding tert-OH is 1. The number of hydrogen-bond donors (Lipinski definition) is 2. The van der Waals surface area contributed by atoms with Crippen LogP contribution in [0.3, 0.4) is 0 Å². The van der Waals surface area contributed by atoms with Crippen molar-refractivity contribution in [2.75, 3.05) is 6.61 Å². The molecule has 2 aliphatic heterocycles. The maximum absolute atomic E-state index is 11.2. The fourth-order valence-electron chi connectivity index (χ4n) is 3.35. The number of carbonyl (C=O) groups excluding carboxylic acids is 1. The molecule has 0 aromatic carbocycles. The molecule has 0 radical (unpaired) electrons. The summed E-state index contributed by atoms with van der Waals surface area (Å²) < 4.78 is 21.7. The third kappa shape index (κ3) is 6.81. The van der Waals surface area contributed by atoms with Gasteiger partial charge in [0.25, 0.3) is 0 Å². The second kappa shape index (κ2) is 10.9. The Morgan fingerprint density at radius 3 is 1.97 bits per heavy atom. The number of fused-ring (bicyclic) bond motifs is 2. The van der Waals surface area contributed by atoms with Gasteiger partial charge in [-0.25, -0.2) is 0 Å². The van der Waals surface area contributed by atoms with Gasteiger partial charge in [0.1, 0.15) is 23.9 Å². The third-order valence-electron chi connectivity index (χ3n) is 4.49. The van der Waals surface area contributed by atoms with Gasteiger partial charge in [-0.1, -0.05) is 23.2 Å². The summed E-state index contributed by atoms with van der Waals surface area (Å²) >= 11 is 20.5. The first-order chi connectivity index (χ1) is 14.3. The van der Waals surface area contributed by atoms with Gasteiger partial charge < -0.3 is 29.2 Å². The summed E-state index contributed by atoms with van der Waals surface area (Å²) in [4.78, 5) is 11.2. The van der Waals surface area contributed by atoms with E-state index in [1.165, 1.54) is 38.8 Å². The highest BCUT2D eigenvalue weighted by atomic mass is 35.5. The summed E-state index contributed by atoms with van der Waals surface area (Å²) in [5.74, 6) is -1.57. The predicted molar refractivity (Wildman–Crippen MR) is 129 cm³/mol. The van der Waals surface area contributed by atoms with Crippen LogP contribution in [0.25, 0.3) is 0 Å². The van der Waals surface area contributed by atoms with E-state index >= 15 is 0 Å². The van der Waals surface area contributed by atoms with Crippen LogP contribution in [0.15, 0.2) is 22.2 Å². The van der Waals surface area contributed by atoms with Crippen molar-refractivity contribution in [1.29, 1.82) is 0 Å². The van der Waals surface area contributed by atoms with Crippen LogP contribution >= 0.6 is 23.2 Å². The molecule has 2 N–H and O–H groups in total. The van der Waals surface area contributed by atoms with Crippen LogP contribution in [0, 0.1) is 0 Å².